The Morgan fingerprint density at radius 1 is 1.16 bits per heavy atom. The highest BCUT2D eigenvalue weighted by Gasteiger charge is 2.21. The standard InChI is InChI=1S/C16H16O3/c17-16(18)14-7-8-15(19-10-9-11-5-6-11)13-4-2-1-3-12(13)14/h1-4,7-8,11H,5-6,9-10H2,(H,17,18). The lowest BCUT2D eigenvalue weighted by molar-refractivity contribution is 0.0699. The topological polar surface area (TPSA) is 46.5 Å². The van der Waals surface area contributed by atoms with Gasteiger partial charge < -0.3 is 9.84 Å². The molecule has 0 bridgehead atoms. The van der Waals surface area contributed by atoms with E-state index >= 15 is 0 Å². The van der Waals surface area contributed by atoms with E-state index in [2.05, 4.69) is 0 Å². The van der Waals surface area contributed by atoms with Gasteiger partial charge in [-0.2, -0.15) is 0 Å². The van der Waals surface area contributed by atoms with E-state index in [0.717, 1.165) is 28.9 Å². The van der Waals surface area contributed by atoms with Crippen LogP contribution in [0.1, 0.15) is 29.6 Å². The van der Waals surface area contributed by atoms with Gasteiger partial charge in [-0.15, -0.1) is 0 Å². The summed E-state index contributed by atoms with van der Waals surface area (Å²) in [4.78, 5) is 11.2. The number of aromatic carboxylic acids is 1. The lowest BCUT2D eigenvalue weighted by Gasteiger charge is -2.10. The molecule has 0 saturated heterocycles. The molecule has 0 aromatic heterocycles. The van der Waals surface area contributed by atoms with E-state index < -0.39 is 5.97 Å². The third-order valence-electron chi connectivity index (χ3n) is 3.60. The predicted molar refractivity (Wildman–Crippen MR) is 73.7 cm³/mol. The highest BCUT2D eigenvalue weighted by molar-refractivity contribution is 6.05. The SMILES string of the molecule is O=C(O)c1ccc(OCCC2CC2)c2ccccc12. The fraction of sp³-hybridized carbons (Fsp3) is 0.312. The Bertz CT molecular complexity index is 614. The summed E-state index contributed by atoms with van der Waals surface area (Å²) in [5, 5.41) is 10.8. The van der Waals surface area contributed by atoms with Crippen molar-refractivity contribution in [1.29, 1.82) is 0 Å². The molecule has 0 heterocycles. The molecule has 0 spiro atoms. The van der Waals surface area contributed by atoms with Crippen LogP contribution in [-0.2, 0) is 0 Å². The van der Waals surface area contributed by atoms with Gasteiger partial charge in [-0.3, -0.25) is 0 Å². The Labute approximate surface area is 111 Å². The molecule has 1 fully saturated rings. The van der Waals surface area contributed by atoms with Crippen LogP contribution in [0.5, 0.6) is 5.75 Å². The number of carboxylic acids is 1. The Hall–Kier alpha value is -2.03. The molecule has 98 valence electrons. The maximum Gasteiger partial charge on any atom is 0.336 e. The smallest absolute Gasteiger partial charge is 0.336 e. The van der Waals surface area contributed by atoms with E-state index in [1.807, 2.05) is 24.3 Å². The molecule has 1 N–H and O–H groups in total. The summed E-state index contributed by atoms with van der Waals surface area (Å²) in [6.45, 7) is 0.709. The number of ether oxygens (including phenoxy) is 1. The minimum atomic E-state index is -0.902. The fourth-order valence-electron chi connectivity index (χ4n) is 2.33. The average Bonchev–Trinajstić information content (AvgIpc) is 3.22. The molecular weight excluding hydrogens is 240 g/mol. The molecule has 2 aromatic carbocycles. The van der Waals surface area contributed by atoms with Crippen molar-refractivity contribution in [2.24, 2.45) is 5.92 Å². The maximum atomic E-state index is 11.2. The summed E-state index contributed by atoms with van der Waals surface area (Å²) in [6.07, 6.45) is 3.74. The first-order chi connectivity index (χ1) is 9.25. The molecule has 3 nitrogen and oxygen atoms in total. The van der Waals surface area contributed by atoms with Crippen molar-refractivity contribution < 1.29 is 14.6 Å². The van der Waals surface area contributed by atoms with Gasteiger partial charge in [-0.25, -0.2) is 4.79 Å². The summed E-state index contributed by atoms with van der Waals surface area (Å²) in [6, 6.07) is 10.9. The number of carboxylic acid groups (broad SMARTS) is 1. The summed E-state index contributed by atoms with van der Waals surface area (Å²) in [5.74, 6) is 0.714. The largest absolute Gasteiger partial charge is 0.493 e. The Morgan fingerprint density at radius 3 is 2.58 bits per heavy atom. The second kappa shape index (κ2) is 4.92. The molecular formula is C16H16O3. The number of carbonyl (C=O) groups is 1. The molecule has 1 saturated carbocycles. The molecule has 19 heavy (non-hydrogen) atoms. The van der Waals surface area contributed by atoms with Gasteiger partial charge in [0.15, 0.2) is 0 Å². The van der Waals surface area contributed by atoms with Gasteiger partial charge in [-0.05, 0) is 29.9 Å². The molecule has 1 aliphatic carbocycles. The number of hydrogen-bond donors (Lipinski definition) is 1. The van der Waals surface area contributed by atoms with Crippen LogP contribution < -0.4 is 4.74 Å². The van der Waals surface area contributed by atoms with Gasteiger partial charge in [-0.1, -0.05) is 37.1 Å². The average molecular weight is 256 g/mol. The van der Waals surface area contributed by atoms with Crippen molar-refractivity contribution in [2.45, 2.75) is 19.3 Å². The van der Waals surface area contributed by atoms with Gasteiger partial charge in [0.25, 0.3) is 0 Å². The quantitative estimate of drug-likeness (QED) is 0.886. The number of hydrogen-bond acceptors (Lipinski definition) is 2. The zero-order valence-corrected chi connectivity index (χ0v) is 10.6. The first-order valence-electron chi connectivity index (χ1n) is 6.63. The molecule has 3 heteroatoms. The van der Waals surface area contributed by atoms with Crippen LogP contribution in [0.4, 0.5) is 0 Å². The zero-order valence-electron chi connectivity index (χ0n) is 10.6. The highest BCUT2D eigenvalue weighted by Crippen LogP contribution is 2.33. The lowest BCUT2D eigenvalue weighted by Crippen LogP contribution is -2.01. The van der Waals surface area contributed by atoms with Gasteiger partial charge in [0, 0.05) is 5.39 Å². The van der Waals surface area contributed by atoms with Crippen LogP contribution in [0.2, 0.25) is 0 Å². The zero-order chi connectivity index (χ0) is 13.2. The molecule has 0 atom stereocenters. The maximum absolute atomic E-state index is 11.2. The van der Waals surface area contributed by atoms with E-state index in [0.29, 0.717) is 12.2 Å². The Morgan fingerprint density at radius 2 is 1.89 bits per heavy atom. The van der Waals surface area contributed by atoms with Gasteiger partial charge in [0.2, 0.25) is 0 Å². The minimum Gasteiger partial charge on any atom is -0.493 e. The predicted octanol–water partition coefficient (Wildman–Crippen LogP) is 3.72. The van der Waals surface area contributed by atoms with E-state index in [-0.39, 0.29) is 0 Å². The third-order valence-corrected chi connectivity index (χ3v) is 3.60. The summed E-state index contributed by atoms with van der Waals surface area (Å²) >= 11 is 0. The summed E-state index contributed by atoms with van der Waals surface area (Å²) in [7, 11) is 0. The van der Waals surface area contributed by atoms with Gasteiger partial charge >= 0.3 is 5.97 Å². The molecule has 0 aliphatic heterocycles. The lowest BCUT2D eigenvalue weighted by atomic mass is 10.0. The van der Waals surface area contributed by atoms with Crippen LogP contribution in [0.25, 0.3) is 10.8 Å². The number of benzene rings is 2. The summed E-state index contributed by atoms with van der Waals surface area (Å²) in [5.41, 5.74) is 0.324. The van der Waals surface area contributed by atoms with Crippen LogP contribution in [-0.4, -0.2) is 17.7 Å². The highest BCUT2D eigenvalue weighted by atomic mass is 16.5. The summed E-state index contributed by atoms with van der Waals surface area (Å²) < 4.78 is 5.81. The Balaban J connectivity index is 1.91. The fourth-order valence-corrected chi connectivity index (χ4v) is 2.33. The van der Waals surface area contributed by atoms with Crippen LogP contribution >= 0.6 is 0 Å². The van der Waals surface area contributed by atoms with Gasteiger partial charge in [0.05, 0.1) is 12.2 Å². The van der Waals surface area contributed by atoms with Crippen molar-refractivity contribution in [3.8, 4) is 5.75 Å². The van der Waals surface area contributed by atoms with Crippen molar-refractivity contribution in [1.82, 2.24) is 0 Å². The van der Waals surface area contributed by atoms with Crippen LogP contribution in [0, 0.1) is 5.92 Å². The van der Waals surface area contributed by atoms with E-state index in [4.69, 9.17) is 4.74 Å². The Kier molecular flexibility index (Phi) is 3.11. The second-order valence-corrected chi connectivity index (χ2v) is 5.04. The second-order valence-electron chi connectivity index (χ2n) is 5.04. The van der Waals surface area contributed by atoms with Crippen molar-refractivity contribution in [3.05, 3.63) is 42.0 Å². The molecule has 2 aromatic rings. The van der Waals surface area contributed by atoms with Crippen molar-refractivity contribution in [2.75, 3.05) is 6.61 Å². The van der Waals surface area contributed by atoms with E-state index in [1.54, 1.807) is 12.1 Å². The van der Waals surface area contributed by atoms with Crippen LogP contribution in [0.15, 0.2) is 36.4 Å². The van der Waals surface area contributed by atoms with Crippen molar-refractivity contribution >= 4 is 16.7 Å². The first-order valence-corrected chi connectivity index (χ1v) is 6.63. The minimum absolute atomic E-state index is 0.324. The van der Waals surface area contributed by atoms with Crippen molar-refractivity contribution in [3.63, 3.8) is 0 Å². The van der Waals surface area contributed by atoms with Gasteiger partial charge in [0.1, 0.15) is 5.75 Å². The molecule has 0 amide bonds. The normalized spacial score (nSPS) is 14.5. The monoisotopic (exact) mass is 256 g/mol. The molecule has 0 radical (unpaired) electrons. The van der Waals surface area contributed by atoms with E-state index in [9.17, 15) is 9.90 Å². The van der Waals surface area contributed by atoms with Crippen LogP contribution in [0.3, 0.4) is 0 Å². The number of rotatable bonds is 5. The first kappa shape index (κ1) is 12.0. The molecule has 1 aliphatic rings. The molecule has 0 unspecified atom stereocenters. The van der Waals surface area contributed by atoms with E-state index in [1.165, 1.54) is 12.8 Å². The third kappa shape index (κ3) is 2.55. The molecule has 3 rings (SSSR count). The number of fused-ring (bicyclic) bond motifs is 1.